The minimum Gasteiger partial charge on any atom is -0.483 e. The van der Waals surface area contributed by atoms with Gasteiger partial charge in [0.15, 0.2) is 34.6 Å². The molecule has 1 aromatic carbocycles. The average molecular weight is 397 g/mol. The van der Waals surface area contributed by atoms with Crippen molar-refractivity contribution < 1.29 is 32.2 Å². The molecule has 8 nitrogen and oxygen atoms in total. The van der Waals surface area contributed by atoms with Gasteiger partial charge < -0.3 is 19.5 Å². The molecule has 1 saturated heterocycles. The van der Waals surface area contributed by atoms with Gasteiger partial charge in [0.1, 0.15) is 5.60 Å². The summed E-state index contributed by atoms with van der Waals surface area (Å²) in [6.07, 6.45) is 1.13. The number of esters is 1. The normalized spacial score (nSPS) is 21.8. The SMILES string of the molecule is CC1(C)Cc2cccc(OCC(=O)OCC(=O)NC3CCS(=O)(=O)C3)c2O1. The number of rotatable bonds is 6. The van der Waals surface area contributed by atoms with E-state index in [1.807, 2.05) is 26.0 Å². The minimum absolute atomic E-state index is 0.0614. The topological polar surface area (TPSA) is 108 Å². The highest BCUT2D eigenvalue weighted by Gasteiger charge is 2.32. The van der Waals surface area contributed by atoms with Gasteiger partial charge in [0.05, 0.1) is 11.5 Å². The first-order chi connectivity index (χ1) is 12.6. The van der Waals surface area contributed by atoms with E-state index in [4.69, 9.17) is 14.2 Å². The molecule has 0 aromatic heterocycles. The van der Waals surface area contributed by atoms with E-state index >= 15 is 0 Å². The number of para-hydroxylation sites is 1. The highest BCUT2D eigenvalue weighted by atomic mass is 32.2. The maximum Gasteiger partial charge on any atom is 0.344 e. The van der Waals surface area contributed by atoms with Gasteiger partial charge in [0.25, 0.3) is 5.91 Å². The standard InChI is InChI=1S/C18H23NO7S/c1-18(2)8-12-4-3-5-14(17(12)26-18)24-10-16(21)25-9-15(20)19-13-6-7-27(22,23)11-13/h3-5,13H,6-11H2,1-2H3,(H,19,20). The molecule has 27 heavy (non-hydrogen) atoms. The Morgan fingerprint density at radius 3 is 2.78 bits per heavy atom. The number of hydrogen-bond donors (Lipinski definition) is 1. The minimum atomic E-state index is -3.08. The summed E-state index contributed by atoms with van der Waals surface area (Å²) in [6, 6.07) is 5.06. The van der Waals surface area contributed by atoms with E-state index < -0.39 is 34.4 Å². The molecule has 1 amide bonds. The molecular formula is C18H23NO7S. The molecule has 0 aliphatic carbocycles. The van der Waals surface area contributed by atoms with Gasteiger partial charge in [0, 0.05) is 18.0 Å². The second-order valence-corrected chi connectivity index (χ2v) is 9.63. The van der Waals surface area contributed by atoms with E-state index in [0.29, 0.717) is 17.9 Å². The van der Waals surface area contributed by atoms with Gasteiger partial charge in [-0.15, -0.1) is 0 Å². The molecule has 0 spiro atoms. The summed E-state index contributed by atoms with van der Waals surface area (Å²) in [5.41, 5.74) is 0.686. The van der Waals surface area contributed by atoms with Crippen LogP contribution in [0.2, 0.25) is 0 Å². The number of benzene rings is 1. The Morgan fingerprint density at radius 2 is 2.07 bits per heavy atom. The predicted molar refractivity (Wildman–Crippen MR) is 96.5 cm³/mol. The van der Waals surface area contributed by atoms with E-state index in [2.05, 4.69) is 5.32 Å². The number of carbonyl (C=O) groups is 2. The predicted octanol–water partition coefficient (Wildman–Crippen LogP) is 0.625. The third-order valence-corrected chi connectivity index (χ3v) is 6.13. The van der Waals surface area contributed by atoms with Crippen molar-refractivity contribution in [2.24, 2.45) is 0 Å². The molecule has 1 atom stereocenters. The van der Waals surface area contributed by atoms with Crippen LogP contribution in [0.4, 0.5) is 0 Å². The van der Waals surface area contributed by atoms with Crippen LogP contribution in [0.5, 0.6) is 11.5 Å². The fourth-order valence-corrected chi connectivity index (χ4v) is 4.88. The number of amides is 1. The van der Waals surface area contributed by atoms with Gasteiger partial charge in [-0.3, -0.25) is 4.79 Å². The number of hydrogen-bond acceptors (Lipinski definition) is 7. The Kier molecular flexibility index (Phi) is 5.32. The molecule has 2 heterocycles. The monoisotopic (exact) mass is 397 g/mol. The van der Waals surface area contributed by atoms with Crippen molar-refractivity contribution in [3.05, 3.63) is 23.8 Å². The molecule has 1 aromatic rings. The van der Waals surface area contributed by atoms with E-state index in [0.717, 1.165) is 12.0 Å². The fourth-order valence-electron chi connectivity index (χ4n) is 3.20. The summed E-state index contributed by atoms with van der Waals surface area (Å²) < 4.78 is 39.0. The quantitative estimate of drug-likeness (QED) is 0.701. The Hall–Kier alpha value is -2.29. The molecule has 9 heteroatoms. The molecule has 0 radical (unpaired) electrons. The Morgan fingerprint density at radius 1 is 1.30 bits per heavy atom. The molecule has 3 rings (SSSR count). The van der Waals surface area contributed by atoms with Crippen molar-refractivity contribution in [1.82, 2.24) is 5.32 Å². The lowest BCUT2D eigenvalue weighted by atomic mass is 10.0. The van der Waals surface area contributed by atoms with Crippen LogP contribution in [0, 0.1) is 0 Å². The van der Waals surface area contributed by atoms with Crippen LogP contribution < -0.4 is 14.8 Å². The first-order valence-corrected chi connectivity index (χ1v) is 10.5. The van der Waals surface area contributed by atoms with Crippen molar-refractivity contribution in [3.63, 3.8) is 0 Å². The second-order valence-electron chi connectivity index (χ2n) is 7.40. The molecule has 1 unspecified atom stereocenters. The van der Waals surface area contributed by atoms with E-state index in [-0.39, 0.29) is 23.7 Å². The van der Waals surface area contributed by atoms with Gasteiger partial charge >= 0.3 is 5.97 Å². The van der Waals surface area contributed by atoms with Crippen molar-refractivity contribution in [1.29, 1.82) is 0 Å². The second kappa shape index (κ2) is 7.38. The number of nitrogens with one attached hydrogen (secondary N) is 1. The smallest absolute Gasteiger partial charge is 0.344 e. The molecule has 2 aliphatic rings. The van der Waals surface area contributed by atoms with Gasteiger partial charge in [-0.2, -0.15) is 0 Å². The van der Waals surface area contributed by atoms with Crippen LogP contribution in [0.25, 0.3) is 0 Å². The maximum absolute atomic E-state index is 11.8. The number of ether oxygens (including phenoxy) is 3. The molecule has 0 saturated carbocycles. The van der Waals surface area contributed by atoms with Crippen LogP contribution in [0.15, 0.2) is 18.2 Å². The Balaban J connectivity index is 1.43. The Bertz CT molecular complexity index is 847. The molecule has 0 bridgehead atoms. The van der Waals surface area contributed by atoms with E-state index in [9.17, 15) is 18.0 Å². The van der Waals surface area contributed by atoms with Gasteiger partial charge in [-0.05, 0) is 26.3 Å². The highest BCUT2D eigenvalue weighted by molar-refractivity contribution is 7.91. The zero-order valence-electron chi connectivity index (χ0n) is 15.3. The van der Waals surface area contributed by atoms with Crippen LogP contribution in [-0.4, -0.2) is 56.7 Å². The van der Waals surface area contributed by atoms with Crippen molar-refractivity contribution in [2.75, 3.05) is 24.7 Å². The third-order valence-electron chi connectivity index (χ3n) is 4.36. The molecule has 2 aliphatic heterocycles. The van der Waals surface area contributed by atoms with Crippen LogP contribution >= 0.6 is 0 Å². The molecule has 148 valence electrons. The fraction of sp³-hybridized carbons (Fsp3) is 0.556. The van der Waals surface area contributed by atoms with Crippen LogP contribution in [-0.2, 0) is 30.6 Å². The van der Waals surface area contributed by atoms with Gasteiger partial charge in [-0.1, -0.05) is 12.1 Å². The molecule has 1 fully saturated rings. The largest absolute Gasteiger partial charge is 0.483 e. The molecular weight excluding hydrogens is 374 g/mol. The zero-order chi connectivity index (χ0) is 19.7. The first kappa shape index (κ1) is 19.5. The average Bonchev–Trinajstić information content (AvgIpc) is 3.07. The van der Waals surface area contributed by atoms with Crippen LogP contribution in [0.3, 0.4) is 0 Å². The lowest BCUT2D eigenvalue weighted by molar-refractivity contribution is -0.150. The van der Waals surface area contributed by atoms with Gasteiger partial charge in [-0.25, -0.2) is 13.2 Å². The summed E-state index contributed by atoms with van der Waals surface area (Å²) in [5, 5.41) is 2.55. The van der Waals surface area contributed by atoms with Gasteiger partial charge in [0.2, 0.25) is 0 Å². The lowest BCUT2D eigenvalue weighted by Crippen LogP contribution is -2.38. The molecule has 1 N–H and O–H groups in total. The summed E-state index contributed by atoms with van der Waals surface area (Å²) in [4.78, 5) is 23.6. The maximum atomic E-state index is 11.8. The summed E-state index contributed by atoms with van der Waals surface area (Å²) >= 11 is 0. The number of carbonyl (C=O) groups excluding carboxylic acids is 2. The van der Waals surface area contributed by atoms with E-state index in [1.165, 1.54) is 0 Å². The van der Waals surface area contributed by atoms with Crippen molar-refractivity contribution in [3.8, 4) is 11.5 Å². The first-order valence-electron chi connectivity index (χ1n) is 8.73. The zero-order valence-corrected chi connectivity index (χ0v) is 16.1. The Labute approximate surface area is 158 Å². The third kappa shape index (κ3) is 5.12. The summed E-state index contributed by atoms with van der Waals surface area (Å²) in [5.74, 6) is -0.168. The van der Waals surface area contributed by atoms with E-state index in [1.54, 1.807) is 6.07 Å². The van der Waals surface area contributed by atoms with Crippen LogP contribution in [0.1, 0.15) is 25.8 Å². The highest BCUT2D eigenvalue weighted by Crippen LogP contribution is 2.41. The number of sulfone groups is 1. The van der Waals surface area contributed by atoms with Crippen molar-refractivity contribution in [2.45, 2.75) is 38.3 Å². The van der Waals surface area contributed by atoms with Crippen molar-refractivity contribution >= 4 is 21.7 Å². The summed E-state index contributed by atoms with van der Waals surface area (Å²) in [6.45, 7) is 3.11. The number of fused-ring (bicyclic) bond motifs is 1. The lowest BCUT2D eigenvalue weighted by Gasteiger charge is -2.18. The summed E-state index contributed by atoms with van der Waals surface area (Å²) in [7, 11) is -3.08.